The molecule has 0 bridgehead atoms. The fraction of sp³-hybridized carbons (Fsp3) is 0.100. The molecule has 1 aromatic rings. The highest BCUT2D eigenvalue weighted by atomic mass is 35.5. The Morgan fingerprint density at radius 2 is 1.73 bits per heavy atom. The third-order valence-corrected chi connectivity index (χ3v) is 2.11. The molecule has 0 fully saturated rings. The summed E-state index contributed by atoms with van der Waals surface area (Å²) in [5, 5.41) is -1.40. The highest BCUT2D eigenvalue weighted by Gasteiger charge is 2.35. The van der Waals surface area contributed by atoms with E-state index in [2.05, 4.69) is 0 Å². The maximum Gasteiger partial charge on any atom is 0.427 e. The number of alkyl halides is 3. The van der Waals surface area contributed by atoms with Crippen LogP contribution in [0.15, 0.2) is 35.4 Å². The van der Waals surface area contributed by atoms with Gasteiger partial charge in [0, 0.05) is 5.57 Å². The molecule has 1 aromatic carbocycles. The quantitative estimate of drug-likeness (QED) is 0.566. The van der Waals surface area contributed by atoms with Crippen molar-refractivity contribution in [1.82, 2.24) is 0 Å². The predicted octanol–water partition coefficient (Wildman–Crippen LogP) is 3.40. The number of benzene rings is 1. The summed E-state index contributed by atoms with van der Waals surface area (Å²) in [5.74, 6) is 0. The Labute approximate surface area is 89.2 Å². The van der Waals surface area contributed by atoms with Crippen LogP contribution in [0.3, 0.4) is 0 Å². The number of carbonyl (C=O) groups excluding carboxylic acids is 1. The Bertz CT molecular complexity index is 381. The summed E-state index contributed by atoms with van der Waals surface area (Å²) in [4.78, 5) is 10.6. The highest BCUT2D eigenvalue weighted by molar-refractivity contribution is 6.37. The van der Waals surface area contributed by atoms with E-state index < -0.39 is 16.8 Å². The van der Waals surface area contributed by atoms with Crippen molar-refractivity contribution in [2.24, 2.45) is 0 Å². The van der Waals surface area contributed by atoms with Crippen molar-refractivity contribution in [2.45, 2.75) is 6.18 Å². The van der Waals surface area contributed by atoms with Crippen molar-refractivity contribution in [3.63, 3.8) is 0 Å². The van der Waals surface area contributed by atoms with E-state index >= 15 is 0 Å². The number of rotatable bonds is 2. The molecule has 0 saturated carbocycles. The number of carbonyl (C=O) groups is 1. The molecule has 80 valence electrons. The molecule has 0 spiro atoms. The minimum Gasteiger partial charge on any atom is -0.298 e. The van der Waals surface area contributed by atoms with Gasteiger partial charge in [-0.3, -0.25) is 4.79 Å². The first kappa shape index (κ1) is 11.8. The van der Waals surface area contributed by atoms with Crippen LogP contribution in [-0.2, 0) is 4.79 Å². The van der Waals surface area contributed by atoms with Crippen LogP contribution in [0.2, 0.25) is 0 Å². The topological polar surface area (TPSA) is 17.1 Å². The Kier molecular flexibility index (Phi) is 3.52. The van der Waals surface area contributed by atoms with Gasteiger partial charge in [-0.25, -0.2) is 0 Å². The van der Waals surface area contributed by atoms with Crippen LogP contribution in [0.4, 0.5) is 13.2 Å². The summed E-state index contributed by atoms with van der Waals surface area (Å²) in [7, 11) is 0. The lowest BCUT2D eigenvalue weighted by Gasteiger charge is -2.08. The second kappa shape index (κ2) is 4.49. The second-order valence-corrected chi connectivity index (χ2v) is 3.09. The van der Waals surface area contributed by atoms with Gasteiger partial charge in [-0.2, -0.15) is 13.2 Å². The zero-order valence-electron chi connectivity index (χ0n) is 7.38. The summed E-state index contributed by atoms with van der Waals surface area (Å²) < 4.78 is 36.7. The van der Waals surface area contributed by atoms with Crippen molar-refractivity contribution in [3.8, 4) is 0 Å². The summed E-state index contributed by atoms with van der Waals surface area (Å²) >= 11 is 5.08. The minimum atomic E-state index is -4.70. The Hall–Kier alpha value is -1.29. The molecule has 0 aliphatic carbocycles. The molecule has 1 rings (SSSR count). The van der Waals surface area contributed by atoms with Crippen molar-refractivity contribution in [3.05, 3.63) is 40.9 Å². The van der Waals surface area contributed by atoms with E-state index in [-0.39, 0.29) is 11.8 Å². The SMILES string of the molecule is O=CC(=C(Cl)C(F)(F)F)c1ccccc1. The molecule has 0 atom stereocenters. The molecule has 0 aliphatic rings. The number of halogens is 4. The Balaban J connectivity index is 3.26. The maximum atomic E-state index is 12.2. The van der Waals surface area contributed by atoms with Gasteiger partial charge in [0.1, 0.15) is 5.03 Å². The van der Waals surface area contributed by atoms with E-state index in [1.165, 1.54) is 24.3 Å². The third kappa shape index (κ3) is 2.83. The van der Waals surface area contributed by atoms with E-state index in [1.807, 2.05) is 0 Å². The van der Waals surface area contributed by atoms with Crippen LogP contribution < -0.4 is 0 Å². The van der Waals surface area contributed by atoms with E-state index in [9.17, 15) is 18.0 Å². The van der Waals surface area contributed by atoms with Crippen LogP contribution in [0.1, 0.15) is 5.56 Å². The van der Waals surface area contributed by atoms with Gasteiger partial charge in [-0.05, 0) is 5.56 Å². The Morgan fingerprint density at radius 3 is 2.13 bits per heavy atom. The minimum absolute atomic E-state index is 0.102. The van der Waals surface area contributed by atoms with E-state index in [0.717, 1.165) is 0 Å². The van der Waals surface area contributed by atoms with Crippen LogP contribution in [0, 0.1) is 0 Å². The summed E-state index contributed by atoms with van der Waals surface area (Å²) in [6.45, 7) is 0. The van der Waals surface area contributed by atoms with E-state index in [0.29, 0.717) is 0 Å². The molecule has 0 saturated heterocycles. The monoisotopic (exact) mass is 234 g/mol. The maximum absolute atomic E-state index is 12.2. The lowest BCUT2D eigenvalue weighted by Crippen LogP contribution is -2.10. The zero-order valence-corrected chi connectivity index (χ0v) is 8.14. The van der Waals surface area contributed by atoms with Gasteiger partial charge < -0.3 is 0 Å². The fourth-order valence-corrected chi connectivity index (χ4v) is 1.17. The van der Waals surface area contributed by atoms with Crippen LogP contribution in [0.25, 0.3) is 5.57 Å². The largest absolute Gasteiger partial charge is 0.427 e. The average Bonchev–Trinajstić information content (AvgIpc) is 2.19. The first-order valence-electron chi connectivity index (χ1n) is 3.94. The van der Waals surface area contributed by atoms with Crippen molar-refractivity contribution in [1.29, 1.82) is 0 Å². The number of allylic oxidation sites excluding steroid dienone is 2. The molecular weight excluding hydrogens is 229 g/mol. The molecule has 0 N–H and O–H groups in total. The van der Waals surface area contributed by atoms with Gasteiger partial charge in [0.15, 0.2) is 6.29 Å². The lowest BCUT2D eigenvalue weighted by atomic mass is 10.1. The molecule has 0 amide bonds. The van der Waals surface area contributed by atoms with Crippen LogP contribution >= 0.6 is 11.6 Å². The van der Waals surface area contributed by atoms with Crippen LogP contribution in [0.5, 0.6) is 0 Å². The molecule has 0 aliphatic heterocycles. The molecule has 0 radical (unpaired) electrons. The van der Waals surface area contributed by atoms with E-state index in [4.69, 9.17) is 11.6 Å². The van der Waals surface area contributed by atoms with Crippen molar-refractivity contribution < 1.29 is 18.0 Å². The van der Waals surface area contributed by atoms with Gasteiger partial charge >= 0.3 is 6.18 Å². The van der Waals surface area contributed by atoms with Gasteiger partial charge in [-0.15, -0.1) is 0 Å². The molecule has 15 heavy (non-hydrogen) atoms. The van der Waals surface area contributed by atoms with Gasteiger partial charge in [0.05, 0.1) is 0 Å². The Morgan fingerprint density at radius 1 is 1.20 bits per heavy atom. The molecule has 5 heteroatoms. The first-order chi connectivity index (χ1) is 6.96. The standard InChI is InChI=1S/C10H6ClF3O/c11-9(10(12,13)14)8(6-15)7-4-2-1-3-5-7/h1-6H. The fourth-order valence-electron chi connectivity index (χ4n) is 1.02. The summed E-state index contributed by atoms with van der Waals surface area (Å²) in [5.41, 5.74) is -0.403. The summed E-state index contributed by atoms with van der Waals surface area (Å²) in [6, 6.07) is 7.46. The normalized spacial score (nSPS) is 13.3. The average molecular weight is 235 g/mol. The molecule has 0 aromatic heterocycles. The number of aldehydes is 1. The molecule has 1 nitrogen and oxygen atoms in total. The van der Waals surface area contributed by atoms with Gasteiger partial charge in [-0.1, -0.05) is 41.9 Å². The molecule has 0 heterocycles. The van der Waals surface area contributed by atoms with E-state index in [1.54, 1.807) is 6.07 Å². The third-order valence-electron chi connectivity index (χ3n) is 1.69. The van der Waals surface area contributed by atoms with Crippen molar-refractivity contribution in [2.75, 3.05) is 0 Å². The van der Waals surface area contributed by atoms with Gasteiger partial charge in [0.25, 0.3) is 0 Å². The lowest BCUT2D eigenvalue weighted by molar-refractivity contribution is -0.104. The first-order valence-corrected chi connectivity index (χ1v) is 4.32. The zero-order chi connectivity index (χ0) is 11.5. The summed E-state index contributed by atoms with van der Waals surface area (Å²) in [6.07, 6.45) is -4.60. The predicted molar refractivity (Wildman–Crippen MR) is 51.3 cm³/mol. The second-order valence-electron chi connectivity index (χ2n) is 2.71. The highest BCUT2D eigenvalue weighted by Crippen LogP contribution is 2.34. The van der Waals surface area contributed by atoms with Crippen LogP contribution in [-0.4, -0.2) is 12.5 Å². The number of hydrogen-bond donors (Lipinski definition) is 0. The molecule has 0 unspecified atom stereocenters. The smallest absolute Gasteiger partial charge is 0.298 e. The van der Waals surface area contributed by atoms with Gasteiger partial charge in [0.2, 0.25) is 0 Å². The number of hydrogen-bond acceptors (Lipinski definition) is 1. The van der Waals surface area contributed by atoms with Crippen molar-refractivity contribution >= 4 is 23.5 Å². The molecular formula is C10H6ClF3O.